The number of carboxylic acids is 1. The van der Waals surface area contributed by atoms with Crippen LogP contribution in [0.25, 0.3) is 27.7 Å². The zero-order valence-electron chi connectivity index (χ0n) is 47.1. The van der Waals surface area contributed by atoms with E-state index in [1.54, 1.807) is 9.80 Å². The average molecular weight is 1060 g/mol. The Morgan fingerprint density at radius 3 is 1.36 bits per heavy atom. The van der Waals surface area contributed by atoms with E-state index in [1.165, 1.54) is 29.6 Å². The van der Waals surface area contributed by atoms with Crippen LogP contribution in [0.5, 0.6) is 0 Å². The van der Waals surface area contributed by atoms with E-state index in [-0.39, 0.29) is 72.1 Å². The molecule has 0 radical (unpaired) electrons. The molecular formula is C57H84N9NaO9. The smallest absolute Gasteiger partial charge is 0.553 e. The minimum atomic E-state index is -0.759. The van der Waals surface area contributed by atoms with E-state index in [2.05, 4.69) is 74.8 Å². The topological polar surface area (TPSA) is 205 Å². The van der Waals surface area contributed by atoms with E-state index < -0.39 is 17.2 Å². The number of anilines is 2. The summed E-state index contributed by atoms with van der Waals surface area (Å²) in [6.07, 6.45) is 8.98. The molecule has 0 bridgehead atoms. The fourth-order valence-corrected chi connectivity index (χ4v) is 11.5. The second kappa shape index (κ2) is 28.7. The van der Waals surface area contributed by atoms with Crippen molar-refractivity contribution in [1.29, 1.82) is 0 Å². The number of carbonyl (C=O) groups is 4. The summed E-state index contributed by atoms with van der Waals surface area (Å²) >= 11 is 0. The number of methoxy groups -OCH3 is 1. The molecule has 4 fully saturated rings. The van der Waals surface area contributed by atoms with Crippen molar-refractivity contribution in [3.63, 3.8) is 0 Å². The number of aliphatic carboxylic acids is 1. The van der Waals surface area contributed by atoms with Crippen LogP contribution in [-0.2, 0) is 23.8 Å². The van der Waals surface area contributed by atoms with E-state index in [0.717, 1.165) is 113 Å². The van der Waals surface area contributed by atoms with Crippen LogP contribution >= 0.6 is 0 Å². The minimum absolute atomic E-state index is 0. The number of nitrogens with zero attached hydrogens (tertiary/aromatic N) is 8. The van der Waals surface area contributed by atoms with E-state index >= 15 is 0 Å². The van der Waals surface area contributed by atoms with Gasteiger partial charge in [-0.3, -0.25) is 29.4 Å². The summed E-state index contributed by atoms with van der Waals surface area (Å²) in [6, 6.07) is 16.8. The third kappa shape index (κ3) is 17.1. The van der Waals surface area contributed by atoms with Gasteiger partial charge in [-0.05, 0) is 129 Å². The maximum absolute atomic E-state index is 12.6. The number of rotatable bonds is 10. The van der Waals surface area contributed by atoms with Crippen LogP contribution in [0.3, 0.4) is 0 Å². The maximum atomic E-state index is 12.6. The third-order valence-corrected chi connectivity index (χ3v) is 15.0. The molecule has 4 aromatic rings. The molecular weight excluding hydrogens is 978 g/mol. The first-order valence-electron chi connectivity index (χ1n) is 26.9. The quantitative estimate of drug-likeness (QED) is 0.0742. The number of nitrogens with one attached hydrogen (secondary N) is 1. The number of pyridine rings is 2. The number of benzene rings is 2. The van der Waals surface area contributed by atoms with Gasteiger partial charge in [0.2, 0.25) is 0 Å². The molecule has 2 atom stereocenters. The van der Waals surface area contributed by atoms with Gasteiger partial charge in [-0.15, -0.1) is 0 Å². The number of esters is 1. The van der Waals surface area contributed by atoms with E-state index in [4.69, 9.17) is 30.3 Å². The molecule has 6 heterocycles. The number of carboxylic acid groups (broad SMARTS) is 1. The predicted octanol–water partition coefficient (Wildman–Crippen LogP) is 6.61. The van der Waals surface area contributed by atoms with Crippen LogP contribution in [0.1, 0.15) is 104 Å². The Balaban J connectivity index is 0.000000269. The van der Waals surface area contributed by atoms with Crippen molar-refractivity contribution < 1.29 is 73.3 Å². The van der Waals surface area contributed by atoms with Gasteiger partial charge in [-0.2, -0.15) is 0 Å². The average Bonchev–Trinajstić information content (AvgIpc) is 3.78. The molecule has 0 saturated carbocycles. The van der Waals surface area contributed by atoms with Crippen molar-refractivity contribution in [3.8, 4) is 0 Å². The zero-order chi connectivity index (χ0) is 54.5. The summed E-state index contributed by atoms with van der Waals surface area (Å²) in [4.78, 5) is 72.1. The van der Waals surface area contributed by atoms with Gasteiger partial charge >= 0.3 is 53.7 Å². The van der Waals surface area contributed by atoms with Crippen LogP contribution in [-0.4, -0.2) is 173 Å². The predicted molar refractivity (Wildman–Crippen MR) is 293 cm³/mol. The number of piperidine rings is 2. The minimum Gasteiger partial charge on any atom is -0.553 e. The van der Waals surface area contributed by atoms with E-state index in [9.17, 15) is 24.3 Å². The third-order valence-electron chi connectivity index (χ3n) is 15.0. The molecule has 2 amide bonds. The van der Waals surface area contributed by atoms with Crippen molar-refractivity contribution in [1.82, 2.24) is 29.6 Å². The van der Waals surface area contributed by atoms with Gasteiger partial charge in [-0.25, -0.2) is 9.59 Å². The number of fused-ring (bicyclic) bond motifs is 2. The Bertz CT molecular complexity index is 2520. The summed E-state index contributed by atoms with van der Waals surface area (Å²) in [5.41, 5.74) is 5.92. The zero-order valence-corrected chi connectivity index (χ0v) is 49.1. The number of ether oxygens (including phenoxy) is 3. The van der Waals surface area contributed by atoms with Crippen molar-refractivity contribution >= 4 is 57.3 Å². The molecule has 0 aliphatic carbocycles. The standard InChI is InChI=1S/C29H42N4O4.C28H40N4O4.H2NO.Na/c1-21-9-10-23-8-6-13-30-26(23)27(21)32-15-7-14-31(18-19-32)24(20-25(34)36-5)22-11-16-33(17-12-22)28(35)37-29(2,3)4;1-20-8-9-22-7-5-12-29-25(22)26(20)31-14-6-13-30(17-18-31)23(19-24(33)34)21-10-15-32(16-11-21)27(35)36-28(2,3)4;1-2;/h6,8-10,13,22,24H,7,11-12,14-20H2,1-5H3;5,7-9,12,21,23H,6,10-11,13-19H2,1-4H3,(H,33,34);1-2H;/q;;-1;+1. The second-order valence-corrected chi connectivity index (χ2v) is 22.5. The Morgan fingerprint density at radius 1 is 0.592 bits per heavy atom. The van der Waals surface area contributed by atoms with Crippen LogP contribution < -0.4 is 39.4 Å². The molecule has 76 heavy (non-hydrogen) atoms. The van der Waals surface area contributed by atoms with Gasteiger partial charge in [-0.1, -0.05) is 36.4 Å². The fraction of sp³-hybridized carbons (Fsp3) is 0.614. The molecule has 0 spiro atoms. The SMILES string of the molecule is COC(=O)CC(C1CCN(C(=O)OC(C)(C)C)CC1)N1CCCN(c2c(C)ccc3cccnc23)CC1.Cc1ccc2cccnc2c1N1CCCN(C(CC(=O)O)C2CCN(C(=O)OC(C)(C)C)CC2)CC1.[NH-]O.[Na+]. The number of hydrogen-bond acceptors (Lipinski definition) is 14. The molecule has 2 aromatic heterocycles. The summed E-state index contributed by atoms with van der Waals surface area (Å²) in [7, 11) is 1.46. The first-order chi connectivity index (χ1) is 35.8. The summed E-state index contributed by atoms with van der Waals surface area (Å²) in [6.45, 7) is 25.2. The van der Waals surface area contributed by atoms with Crippen LogP contribution in [0.4, 0.5) is 21.0 Å². The first-order valence-corrected chi connectivity index (χ1v) is 26.9. The Morgan fingerprint density at radius 2 is 0.987 bits per heavy atom. The summed E-state index contributed by atoms with van der Waals surface area (Å²) in [5.74, 6) is 4.39. The van der Waals surface area contributed by atoms with Crippen molar-refractivity contribution in [3.05, 3.63) is 77.9 Å². The normalized spacial score (nSPS) is 18.4. The van der Waals surface area contributed by atoms with E-state index in [0.29, 0.717) is 38.5 Å². The molecule has 2 unspecified atom stereocenters. The molecule has 4 aliphatic heterocycles. The van der Waals surface area contributed by atoms with Gasteiger partial charge in [0.05, 0.1) is 42.4 Å². The number of aromatic nitrogens is 2. The Labute approximate surface area is 472 Å². The van der Waals surface area contributed by atoms with Crippen molar-refractivity contribution in [2.75, 3.05) is 95.4 Å². The number of amides is 2. The number of hydrogen-bond donors (Lipinski definition) is 2. The molecule has 3 N–H and O–H groups in total. The van der Waals surface area contributed by atoms with Gasteiger partial charge < -0.3 is 50.0 Å². The summed E-state index contributed by atoms with van der Waals surface area (Å²) < 4.78 is 16.2. The summed E-state index contributed by atoms with van der Waals surface area (Å²) in [5, 5.41) is 18.3. The maximum Gasteiger partial charge on any atom is 1.00 e. The first kappa shape index (κ1) is 62.0. The van der Waals surface area contributed by atoms with Gasteiger partial charge in [0, 0.05) is 114 Å². The van der Waals surface area contributed by atoms with Crippen LogP contribution in [0, 0.1) is 25.7 Å². The fourth-order valence-electron chi connectivity index (χ4n) is 11.5. The molecule has 2 aromatic carbocycles. The molecule has 4 saturated heterocycles. The van der Waals surface area contributed by atoms with Gasteiger partial charge in [0.1, 0.15) is 11.2 Å². The molecule has 19 heteroatoms. The van der Waals surface area contributed by atoms with Crippen LogP contribution in [0.15, 0.2) is 60.9 Å². The van der Waals surface area contributed by atoms with Gasteiger partial charge in [0.15, 0.2) is 0 Å². The van der Waals surface area contributed by atoms with Gasteiger partial charge in [0.25, 0.3) is 0 Å². The molecule has 412 valence electrons. The van der Waals surface area contributed by atoms with Crippen LogP contribution in [0.2, 0.25) is 0 Å². The largest absolute Gasteiger partial charge is 1.00 e. The number of aryl methyl sites for hydroxylation is 2. The van der Waals surface area contributed by atoms with Crippen molar-refractivity contribution in [2.45, 2.75) is 130 Å². The Hall–Kier alpha value is -4.82. The molecule has 18 nitrogen and oxygen atoms in total. The second-order valence-electron chi connectivity index (χ2n) is 22.5. The molecule has 4 aliphatic rings. The Kier molecular flexibility index (Phi) is 23.4. The van der Waals surface area contributed by atoms with E-state index in [1.807, 2.05) is 66.1 Å². The van der Waals surface area contributed by atoms with Crippen molar-refractivity contribution in [2.24, 2.45) is 11.8 Å². The number of likely N-dealkylation sites (tertiary alicyclic amines) is 2. The monoisotopic (exact) mass is 1060 g/mol. The molecule has 8 rings (SSSR count). The number of carbonyl (C=O) groups excluding carboxylic acids is 3.